The fourth-order valence-corrected chi connectivity index (χ4v) is 2.41. The first-order chi connectivity index (χ1) is 7.54. The van der Waals surface area contributed by atoms with Crippen LogP contribution >= 0.6 is 39.5 Å². The van der Waals surface area contributed by atoms with E-state index in [4.69, 9.17) is 16.3 Å². The normalized spacial score (nSPS) is 10.2. The number of hydrogen-bond acceptors (Lipinski definition) is 5. The summed E-state index contributed by atoms with van der Waals surface area (Å²) in [5.74, 6) is 0. The van der Waals surface area contributed by atoms with Gasteiger partial charge in [0.25, 0.3) is 0 Å². The van der Waals surface area contributed by atoms with Gasteiger partial charge in [0, 0.05) is 32.2 Å². The van der Waals surface area contributed by atoms with Gasteiger partial charge in [-0.3, -0.25) is 9.10 Å². The van der Waals surface area contributed by atoms with Crippen molar-refractivity contribution in [3.05, 3.63) is 21.9 Å². The summed E-state index contributed by atoms with van der Waals surface area (Å²) in [6.45, 7) is 1.75. The molecule has 16 heavy (non-hydrogen) atoms. The van der Waals surface area contributed by atoms with Gasteiger partial charge in [0.1, 0.15) is 11.3 Å². The number of nitrogens with zero attached hydrogens (tertiary/aromatic N) is 2. The molecule has 0 aliphatic carbocycles. The van der Waals surface area contributed by atoms with Gasteiger partial charge >= 0.3 is 0 Å². The Morgan fingerprint density at radius 1 is 1.75 bits per heavy atom. The molecule has 0 saturated carbocycles. The van der Waals surface area contributed by atoms with Crippen LogP contribution in [0.1, 0.15) is 6.92 Å². The molecule has 0 unspecified atom stereocenters. The Balaban J connectivity index is 2.99. The Bertz CT molecular complexity index is 392. The van der Waals surface area contributed by atoms with E-state index >= 15 is 0 Å². The molecule has 0 atom stereocenters. The van der Waals surface area contributed by atoms with Gasteiger partial charge in [0.05, 0.1) is 10.7 Å². The summed E-state index contributed by atoms with van der Waals surface area (Å²) in [7, 11) is 1.56. The van der Waals surface area contributed by atoms with Gasteiger partial charge in [-0.1, -0.05) is 11.6 Å². The van der Waals surface area contributed by atoms with E-state index in [-0.39, 0.29) is 11.8 Å². The third kappa shape index (κ3) is 3.93. The average molecular weight is 326 g/mol. The lowest BCUT2D eigenvalue weighted by molar-refractivity contribution is -0.109. The molecule has 1 heterocycles. The van der Waals surface area contributed by atoms with Crippen molar-refractivity contribution in [2.24, 2.45) is 0 Å². The average Bonchev–Trinajstić information content (AvgIpc) is 2.20. The number of pyridine rings is 1. The van der Waals surface area contributed by atoms with Crippen molar-refractivity contribution in [3.63, 3.8) is 0 Å². The molecule has 0 bridgehead atoms. The zero-order chi connectivity index (χ0) is 12.1. The van der Waals surface area contributed by atoms with Crippen LogP contribution in [0.15, 0.2) is 16.9 Å². The Labute approximate surface area is 112 Å². The fourth-order valence-electron chi connectivity index (χ4n) is 1.00. The molecule has 0 spiro atoms. The number of aromatic nitrogens is 1. The molecule has 0 saturated heterocycles. The Morgan fingerprint density at radius 2 is 2.44 bits per heavy atom. The molecule has 0 aliphatic heterocycles. The molecular formula is C9H10BrClN2O2S. The lowest BCUT2D eigenvalue weighted by Gasteiger charge is -2.21. The summed E-state index contributed by atoms with van der Waals surface area (Å²) in [5.41, 5.74) is 0.703. The van der Waals surface area contributed by atoms with Crippen LogP contribution in [0.2, 0.25) is 5.02 Å². The second-order valence-corrected chi connectivity index (χ2v) is 5.23. The topological polar surface area (TPSA) is 42.4 Å². The molecule has 88 valence electrons. The van der Waals surface area contributed by atoms with Crippen LogP contribution < -0.4 is 4.31 Å². The van der Waals surface area contributed by atoms with E-state index in [0.29, 0.717) is 15.3 Å². The minimum atomic E-state index is -0.0380. The molecule has 7 heteroatoms. The summed E-state index contributed by atoms with van der Waals surface area (Å²) in [6.07, 6.45) is 1.53. The van der Waals surface area contributed by atoms with Crippen molar-refractivity contribution in [1.29, 1.82) is 0 Å². The fraction of sp³-hybridized carbons (Fsp3) is 0.333. The van der Waals surface area contributed by atoms with E-state index in [1.54, 1.807) is 17.5 Å². The molecule has 1 aromatic heterocycles. The number of carbonyl (C=O) groups excluding carboxylic acids is 1. The zero-order valence-electron chi connectivity index (χ0n) is 8.74. The van der Waals surface area contributed by atoms with Crippen LogP contribution in [0.3, 0.4) is 0 Å². The van der Waals surface area contributed by atoms with E-state index in [1.807, 2.05) is 0 Å². The van der Waals surface area contributed by atoms with Crippen molar-refractivity contribution < 1.29 is 9.53 Å². The second kappa shape index (κ2) is 6.44. The van der Waals surface area contributed by atoms with Crippen LogP contribution in [-0.2, 0) is 9.53 Å². The van der Waals surface area contributed by atoms with Crippen LogP contribution in [0.4, 0.5) is 5.69 Å². The summed E-state index contributed by atoms with van der Waals surface area (Å²) in [6, 6.07) is 1.72. The highest BCUT2D eigenvalue weighted by atomic mass is 79.9. The highest BCUT2D eigenvalue weighted by Crippen LogP contribution is 2.31. The summed E-state index contributed by atoms with van der Waals surface area (Å²) >= 11 is 10.2. The maximum atomic E-state index is 11.1. The first kappa shape index (κ1) is 13.8. The van der Waals surface area contributed by atoms with E-state index in [9.17, 15) is 4.79 Å². The molecule has 0 amide bonds. The molecule has 0 aliphatic rings. The highest BCUT2D eigenvalue weighted by Gasteiger charge is 2.14. The largest absolute Gasteiger partial charge is 0.363 e. The van der Waals surface area contributed by atoms with Crippen LogP contribution in [0.5, 0.6) is 0 Å². The predicted molar refractivity (Wildman–Crippen MR) is 69.6 cm³/mol. The Morgan fingerprint density at radius 3 is 3.00 bits per heavy atom. The number of hydrogen-bond donors (Lipinski definition) is 0. The summed E-state index contributed by atoms with van der Waals surface area (Å²) < 4.78 is 7.30. The SMILES string of the molecule is COCN(SC(C)=O)c1cc(Cl)cnc1Br. The van der Waals surface area contributed by atoms with Crippen molar-refractivity contribution in [3.8, 4) is 0 Å². The standard InChI is InChI=1S/C9H10BrClN2O2S/c1-6(14)16-13(5-15-2)8-3-7(11)4-12-9(8)10/h3-4H,5H2,1-2H3. The number of methoxy groups -OCH3 is 1. The van der Waals surface area contributed by atoms with Crippen LogP contribution in [0, 0.1) is 0 Å². The van der Waals surface area contributed by atoms with Gasteiger partial charge in [-0.2, -0.15) is 0 Å². The summed E-state index contributed by atoms with van der Waals surface area (Å²) in [4.78, 5) is 15.1. The first-order valence-corrected chi connectivity index (χ1v) is 6.25. The van der Waals surface area contributed by atoms with Gasteiger partial charge in [-0.25, -0.2) is 4.98 Å². The number of halogens is 2. The molecule has 1 rings (SSSR count). The minimum absolute atomic E-state index is 0.0380. The molecule has 0 fully saturated rings. The minimum Gasteiger partial charge on any atom is -0.363 e. The lowest BCUT2D eigenvalue weighted by atomic mass is 10.4. The van der Waals surface area contributed by atoms with Crippen molar-refractivity contribution in [2.45, 2.75) is 6.92 Å². The van der Waals surface area contributed by atoms with Gasteiger partial charge in [0.15, 0.2) is 0 Å². The predicted octanol–water partition coefficient (Wildman–Crippen LogP) is 3.10. The molecule has 0 aromatic carbocycles. The second-order valence-electron chi connectivity index (χ2n) is 2.84. The van der Waals surface area contributed by atoms with Gasteiger partial charge in [-0.05, 0) is 22.0 Å². The van der Waals surface area contributed by atoms with Gasteiger partial charge in [0.2, 0.25) is 5.12 Å². The van der Waals surface area contributed by atoms with Crippen LogP contribution in [0.25, 0.3) is 0 Å². The molecule has 4 nitrogen and oxygen atoms in total. The third-order valence-electron chi connectivity index (χ3n) is 1.54. The monoisotopic (exact) mass is 324 g/mol. The quantitative estimate of drug-likeness (QED) is 0.483. The van der Waals surface area contributed by atoms with E-state index in [0.717, 1.165) is 11.9 Å². The number of anilines is 1. The lowest BCUT2D eigenvalue weighted by Crippen LogP contribution is -2.19. The van der Waals surface area contributed by atoms with Crippen molar-refractivity contribution in [1.82, 2.24) is 4.98 Å². The number of rotatable bonds is 4. The van der Waals surface area contributed by atoms with E-state index < -0.39 is 0 Å². The van der Waals surface area contributed by atoms with E-state index in [1.165, 1.54) is 13.1 Å². The molecular weight excluding hydrogens is 316 g/mol. The maximum Gasteiger partial charge on any atom is 0.206 e. The summed E-state index contributed by atoms with van der Waals surface area (Å²) in [5, 5.41) is 0.465. The maximum absolute atomic E-state index is 11.1. The van der Waals surface area contributed by atoms with Crippen LogP contribution in [-0.4, -0.2) is 23.9 Å². The van der Waals surface area contributed by atoms with Gasteiger partial charge < -0.3 is 4.74 Å². The number of ether oxygens (including phenoxy) is 1. The third-order valence-corrected chi connectivity index (χ3v) is 3.14. The van der Waals surface area contributed by atoms with E-state index in [2.05, 4.69) is 20.9 Å². The van der Waals surface area contributed by atoms with Crippen molar-refractivity contribution >= 4 is 50.3 Å². The Kier molecular flexibility index (Phi) is 5.54. The molecule has 1 aromatic rings. The number of carbonyl (C=O) groups is 1. The highest BCUT2D eigenvalue weighted by molar-refractivity contribution is 9.10. The first-order valence-electron chi connectivity index (χ1n) is 4.30. The van der Waals surface area contributed by atoms with Crippen molar-refractivity contribution in [2.75, 3.05) is 18.1 Å². The molecule has 0 radical (unpaired) electrons. The Hall–Kier alpha value is -0.300. The van der Waals surface area contributed by atoms with Gasteiger partial charge in [-0.15, -0.1) is 0 Å². The smallest absolute Gasteiger partial charge is 0.206 e. The zero-order valence-corrected chi connectivity index (χ0v) is 11.9. The molecule has 0 N–H and O–H groups in total.